The van der Waals surface area contributed by atoms with Gasteiger partial charge in [-0.15, -0.1) is 10.2 Å². The normalized spacial score (nSPS) is 10.4. The summed E-state index contributed by atoms with van der Waals surface area (Å²) in [4.78, 5) is 21.9. The molecule has 0 unspecified atom stereocenters. The summed E-state index contributed by atoms with van der Waals surface area (Å²) in [6.07, 6.45) is 2.00. The number of hydrogen-bond acceptors (Lipinski definition) is 5. The minimum atomic E-state index is -0.900. The molecule has 0 aliphatic rings. The van der Waals surface area contributed by atoms with E-state index in [1.165, 1.54) is 0 Å². The third-order valence-corrected chi connectivity index (χ3v) is 3.38. The van der Waals surface area contributed by atoms with E-state index in [2.05, 4.69) is 15.5 Å². The summed E-state index contributed by atoms with van der Waals surface area (Å²) in [5, 5.41) is 19.8. The second-order valence-corrected chi connectivity index (χ2v) is 4.85. The monoisotopic (exact) mass is 286 g/mol. The summed E-state index contributed by atoms with van der Waals surface area (Å²) < 4.78 is 1.83. The van der Waals surface area contributed by atoms with Crippen molar-refractivity contribution in [1.82, 2.24) is 20.1 Å². The number of aromatic nitrogens is 3. The Balaban J connectivity index is 2.78. The minimum absolute atomic E-state index is 0.0645. The SMILES string of the molecule is CCCc1nnc(SCC(=O)O)n1CCC(=O)NC. The Labute approximate surface area is 115 Å². The molecule has 0 atom stereocenters. The first kappa shape index (κ1) is 15.5. The van der Waals surface area contributed by atoms with E-state index in [0.29, 0.717) is 18.1 Å². The molecule has 1 heterocycles. The molecule has 2 N–H and O–H groups in total. The van der Waals surface area contributed by atoms with Crippen LogP contribution in [-0.2, 0) is 22.6 Å². The average Bonchev–Trinajstić information content (AvgIpc) is 2.76. The van der Waals surface area contributed by atoms with Gasteiger partial charge in [-0.25, -0.2) is 0 Å². The summed E-state index contributed by atoms with van der Waals surface area (Å²) >= 11 is 1.12. The number of carboxylic acid groups (broad SMARTS) is 1. The molecule has 7 nitrogen and oxygen atoms in total. The lowest BCUT2D eigenvalue weighted by Gasteiger charge is -2.08. The Hall–Kier alpha value is -1.57. The van der Waals surface area contributed by atoms with Gasteiger partial charge in [0.05, 0.1) is 5.75 Å². The lowest BCUT2D eigenvalue weighted by atomic mass is 10.3. The molecule has 8 heteroatoms. The van der Waals surface area contributed by atoms with Gasteiger partial charge in [0.2, 0.25) is 5.91 Å². The number of aryl methyl sites for hydroxylation is 1. The van der Waals surface area contributed by atoms with Crippen molar-refractivity contribution >= 4 is 23.6 Å². The highest BCUT2D eigenvalue weighted by Crippen LogP contribution is 2.18. The van der Waals surface area contributed by atoms with Gasteiger partial charge in [0.25, 0.3) is 0 Å². The maximum atomic E-state index is 11.3. The van der Waals surface area contributed by atoms with Crippen LogP contribution in [0, 0.1) is 0 Å². The first-order chi connectivity index (χ1) is 9.08. The number of carbonyl (C=O) groups excluding carboxylic acids is 1. The molecule has 0 aliphatic carbocycles. The number of nitrogens with zero attached hydrogens (tertiary/aromatic N) is 3. The van der Waals surface area contributed by atoms with Crippen molar-refractivity contribution < 1.29 is 14.7 Å². The maximum absolute atomic E-state index is 11.3. The van der Waals surface area contributed by atoms with Crippen molar-refractivity contribution in [2.45, 2.75) is 37.9 Å². The Morgan fingerprint density at radius 1 is 1.42 bits per heavy atom. The van der Waals surface area contributed by atoms with Crippen LogP contribution in [0.3, 0.4) is 0 Å². The first-order valence-electron chi connectivity index (χ1n) is 6.05. The quantitative estimate of drug-likeness (QED) is 0.677. The number of amides is 1. The summed E-state index contributed by atoms with van der Waals surface area (Å²) in [5.74, 6) is -0.239. The summed E-state index contributed by atoms with van der Waals surface area (Å²) in [5.41, 5.74) is 0. The van der Waals surface area contributed by atoms with E-state index in [0.717, 1.165) is 30.4 Å². The molecule has 106 valence electrons. The van der Waals surface area contributed by atoms with Crippen LogP contribution in [0.25, 0.3) is 0 Å². The number of nitrogens with one attached hydrogen (secondary N) is 1. The van der Waals surface area contributed by atoms with Crippen molar-refractivity contribution in [3.05, 3.63) is 5.82 Å². The third-order valence-electron chi connectivity index (χ3n) is 2.43. The van der Waals surface area contributed by atoms with Crippen molar-refractivity contribution in [3.63, 3.8) is 0 Å². The lowest BCUT2D eigenvalue weighted by Crippen LogP contribution is -2.20. The van der Waals surface area contributed by atoms with Gasteiger partial charge in [-0.05, 0) is 6.42 Å². The number of rotatable bonds is 8. The molecule has 0 bridgehead atoms. The Morgan fingerprint density at radius 3 is 2.74 bits per heavy atom. The second-order valence-electron chi connectivity index (χ2n) is 3.91. The molecular formula is C11H18N4O3S. The standard InChI is InChI=1S/C11H18N4O3S/c1-3-4-8-13-14-11(19-7-10(17)18)15(8)6-5-9(16)12-2/h3-7H2,1-2H3,(H,12,16)(H,17,18). The van der Waals surface area contributed by atoms with E-state index in [1.807, 2.05) is 11.5 Å². The van der Waals surface area contributed by atoms with E-state index in [9.17, 15) is 9.59 Å². The van der Waals surface area contributed by atoms with E-state index in [1.54, 1.807) is 7.05 Å². The number of aliphatic carboxylic acids is 1. The molecule has 0 saturated heterocycles. The molecule has 0 saturated carbocycles. The molecule has 0 aromatic carbocycles. The molecule has 0 radical (unpaired) electrons. The smallest absolute Gasteiger partial charge is 0.313 e. The fourth-order valence-electron chi connectivity index (χ4n) is 1.52. The molecule has 0 aliphatic heterocycles. The fraction of sp³-hybridized carbons (Fsp3) is 0.636. The summed E-state index contributed by atoms with van der Waals surface area (Å²) in [7, 11) is 1.58. The zero-order valence-electron chi connectivity index (χ0n) is 11.0. The third kappa shape index (κ3) is 4.90. The van der Waals surface area contributed by atoms with Crippen LogP contribution < -0.4 is 5.32 Å². The topological polar surface area (TPSA) is 97.1 Å². The maximum Gasteiger partial charge on any atom is 0.313 e. The molecule has 1 aromatic heterocycles. The van der Waals surface area contributed by atoms with Gasteiger partial charge in [-0.3, -0.25) is 9.59 Å². The van der Waals surface area contributed by atoms with Crippen LogP contribution >= 0.6 is 11.8 Å². The first-order valence-corrected chi connectivity index (χ1v) is 7.04. The molecule has 1 aromatic rings. The van der Waals surface area contributed by atoms with Crippen LogP contribution in [0.2, 0.25) is 0 Å². The number of thioether (sulfide) groups is 1. The largest absolute Gasteiger partial charge is 0.481 e. The number of carbonyl (C=O) groups is 2. The van der Waals surface area contributed by atoms with Crippen molar-refractivity contribution in [2.24, 2.45) is 0 Å². The fourth-order valence-corrected chi connectivity index (χ4v) is 2.23. The summed E-state index contributed by atoms with van der Waals surface area (Å²) in [6.45, 7) is 2.49. The van der Waals surface area contributed by atoms with Gasteiger partial charge in [0, 0.05) is 26.4 Å². The van der Waals surface area contributed by atoms with Crippen LogP contribution in [0.4, 0.5) is 0 Å². The molecule has 0 spiro atoms. The average molecular weight is 286 g/mol. The predicted octanol–water partition coefficient (Wildman–Crippen LogP) is 0.543. The van der Waals surface area contributed by atoms with E-state index in [4.69, 9.17) is 5.11 Å². The van der Waals surface area contributed by atoms with Crippen molar-refractivity contribution in [2.75, 3.05) is 12.8 Å². The van der Waals surface area contributed by atoms with Gasteiger partial charge < -0.3 is 15.0 Å². The van der Waals surface area contributed by atoms with E-state index >= 15 is 0 Å². The zero-order valence-corrected chi connectivity index (χ0v) is 11.9. The van der Waals surface area contributed by atoms with Gasteiger partial charge in [0.15, 0.2) is 5.16 Å². The Kier molecular flexibility index (Phi) is 6.34. The van der Waals surface area contributed by atoms with Gasteiger partial charge in [-0.1, -0.05) is 18.7 Å². The van der Waals surface area contributed by atoms with Crippen molar-refractivity contribution in [1.29, 1.82) is 0 Å². The van der Waals surface area contributed by atoms with E-state index in [-0.39, 0.29) is 11.7 Å². The van der Waals surface area contributed by atoms with Crippen LogP contribution in [0.1, 0.15) is 25.6 Å². The zero-order chi connectivity index (χ0) is 14.3. The predicted molar refractivity (Wildman–Crippen MR) is 71.1 cm³/mol. The minimum Gasteiger partial charge on any atom is -0.481 e. The second kappa shape index (κ2) is 7.78. The van der Waals surface area contributed by atoms with Crippen LogP contribution in [0.5, 0.6) is 0 Å². The molecule has 0 fully saturated rings. The molecular weight excluding hydrogens is 268 g/mol. The highest BCUT2D eigenvalue weighted by Gasteiger charge is 2.14. The van der Waals surface area contributed by atoms with E-state index < -0.39 is 5.97 Å². The molecule has 1 amide bonds. The van der Waals surface area contributed by atoms with Gasteiger partial charge in [-0.2, -0.15) is 0 Å². The highest BCUT2D eigenvalue weighted by atomic mass is 32.2. The summed E-state index contributed by atoms with van der Waals surface area (Å²) in [6, 6.07) is 0. The number of hydrogen-bond donors (Lipinski definition) is 2. The molecule has 1 rings (SSSR count). The van der Waals surface area contributed by atoms with Crippen LogP contribution in [-0.4, -0.2) is 44.5 Å². The van der Waals surface area contributed by atoms with Crippen molar-refractivity contribution in [3.8, 4) is 0 Å². The lowest BCUT2D eigenvalue weighted by molar-refractivity contribution is -0.134. The molecule has 19 heavy (non-hydrogen) atoms. The number of carboxylic acids is 1. The van der Waals surface area contributed by atoms with Crippen LogP contribution in [0.15, 0.2) is 5.16 Å². The van der Waals surface area contributed by atoms with Gasteiger partial charge in [0.1, 0.15) is 5.82 Å². The highest BCUT2D eigenvalue weighted by molar-refractivity contribution is 7.99. The van der Waals surface area contributed by atoms with Gasteiger partial charge >= 0.3 is 5.97 Å². The Bertz CT molecular complexity index is 447. The Morgan fingerprint density at radius 2 is 2.16 bits per heavy atom.